The van der Waals surface area contributed by atoms with E-state index in [9.17, 15) is 4.79 Å². The number of aromatic nitrogens is 1. The predicted octanol–water partition coefficient (Wildman–Crippen LogP) is 1.79. The van der Waals surface area contributed by atoms with Gasteiger partial charge in [-0.1, -0.05) is 0 Å². The van der Waals surface area contributed by atoms with Crippen LogP contribution in [-0.4, -0.2) is 42.4 Å². The molecule has 2 aromatic rings. The summed E-state index contributed by atoms with van der Waals surface area (Å²) in [6, 6.07) is 5.35. The molecule has 114 valence electrons. The molecule has 0 aliphatic rings. The second-order valence-electron chi connectivity index (χ2n) is 5.69. The zero-order chi connectivity index (χ0) is 15.6. The number of hydrogen-bond donors (Lipinski definition) is 3. The lowest BCUT2D eigenvalue weighted by molar-refractivity contribution is 0.187. The van der Waals surface area contributed by atoms with Gasteiger partial charge in [-0.05, 0) is 26.0 Å². The maximum atomic E-state index is 11.8. The van der Waals surface area contributed by atoms with E-state index >= 15 is 0 Å². The van der Waals surface area contributed by atoms with E-state index in [1.165, 1.54) is 0 Å². The van der Waals surface area contributed by atoms with Crippen molar-refractivity contribution in [1.82, 2.24) is 10.3 Å². The third-order valence-electron chi connectivity index (χ3n) is 2.86. The average molecular weight is 292 g/mol. The van der Waals surface area contributed by atoms with Gasteiger partial charge in [-0.25, -0.2) is 4.79 Å². The number of benzene rings is 1. The number of aliphatic hydroxyl groups excluding tert-OH is 1. The van der Waals surface area contributed by atoms with E-state index in [0.29, 0.717) is 17.3 Å². The summed E-state index contributed by atoms with van der Waals surface area (Å²) in [4.78, 5) is 17.9. The molecule has 0 atom stereocenters. The van der Waals surface area contributed by atoms with Crippen LogP contribution in [0.1, 0.15) is 13.8 Å². The van der Waals surface area contributed by atoms with Gasteiger partial charge in [0, 0.05) is 25.8 Å². The Bertz CT molecular complexity index is 649. The van der Waals surface area contributed by atoms with Crippen molar-refractivity contribution >= 4 is 28.8 Å². The molecule has 0 spiro atoms. The van der Waals surface area contributed by atoms with Gasteiger partial charge in [-0.15, -0.1) is 0 Å². The number of oxazole rings is 1. The molecule has 7 heteroatoms. The third kappa shape index (κ3) is 3.63. The van der Waals surface area contributed by atoms with Gasteiger partial charge in [-0.3, -0.25) is 0 Å². The van der Waals surface area contributed by atoms with Crippen LogP contribution in [0.4, 0.5) is 16.5 Å². The standard InChI is InChI=1S/C14H20N4O3/c1-14(2,8-19)17-12(20)15-9-5-6-10-11(7-9)21-13(16-10)18(3)4/h5-7,19H,8H2,1-4H3,(H2,15,17,20). The highest BCUT2D eigenvalue weighted by Crippen LogP contribution is 2.23. The van der Waals surface area contributed by atoms with Crippen LogP contribution in [0.25, 0.3) is 11.1 Å². The second kappa shape index (κ2) is 5.61. The zero-order valence-electron chi connectivity index (χ0n) is 12.6. The number of nitrogens with zero attached hydrogens (tertiary/aromatic N) is 2. The minimum absolute atomic E-state index is 0.145. The van der Waals surface area contributed by atoms with Crippen LogP contribution in [0.5, 0.6) is 0 Å². The Morgan fingerprint density at radius 3 is 2.76 bits per heavy atom. The number of hydrogen-bond acceptors (Lipinski definition) is 5. The molecule has 2 amide bonds. The maximum absolute atomic E-state index is 11.8. The molecule has 1 aromatic heterocycles. The molecule has 7 nitrogen and oxygen atoms in total. The van der Waals surface area contributed by atoms with Crippen LogP contribution in [0.3, 0.4) is 0 Å². The van der Waals surface area contributed by atoms with Crippen LogP contribution in [-0.2, 0) is 0 Å². The van der Waals surface area contributed by atoms with Crippen LogP contribution in [0.15, 0.2) is 22.6 Å². The quantitative estimate of drug-likeness (QED) is 0.799. The molecule has 0 aliphatic carbocycles. The normalized spacial score (nSPS) is 11.5. The Labute approximate surface area is 122 Å². The van der Waals surface area contributed by atoms with Crippen molar-refractivity contribution in [2.45, 2.75) is 19.4 Å². The summed E-state index contributed by atoms with van der Waals surface area (Å²) < 4.78 is 5.58. The van der Waals surface area contributed by atoms with E-state index in [1.807, 2.05) is 14.1 Å². The second-order valence-corrected chi connectivity index (χ2v) is 5.69. The van der Waals surface area contributed by atoms with Crippen molar-refractivity contribution in [3.63, 3.8) is 0 Å². The summed E-state index contributed by atoms with van der Waals surface area (Å²) >= 11 is 0. The lowest BCUT2D eigenvalue weighted by Crippen LogP contribution is -2.48. The van der Waals surface area contributed by atoms with Gasteiger partial charge < -0.3 is 25.1 Å². The van der Waals surface area contributed by atoms with E-state index in [4.69, 9.17) is 9.52 Å². The van der Waals surface area contributed by atoms with E-state index in [2.05, 4.69) is 15.6 Å². The minimum atomic E-state index is -0.682. The minimum Gasteiger partial charge on any atom is -0.423 e. The molecule has 0 bridgehead atoms. The van der Waals surface area contributed by atoms with Crippen molar-refractivity contribution in [2.24, 2.45) is 0 Å². The summed E-state index contributed by atoms with van der Waals surface area (Å²) in [5, 5.41) is 14.5. The average Bonchev–Trinajstić information content (AvgIpc) is 2.81. The Morgan fingerprint density at radius 1 is 1.43 bits per heavy atom. The molecule has 0 aliphatic heterocycles. The van der Waals surface area contributed by atoms with Crippen LogP contribution >= 0.6 is 0 Å². The zero-order valence-corrected chi connectivity index (χ0v) is 12.6. The lowest BCUT2D eigenvalue weighted by Gasteiger charge is -2.23. The number of carbonyl (C=O) groups is 1. The van der Waals surface area contributed by atoms with Crippen molar-refractivity contribution in [3.8, 4) is 0 Å². The molecular formula is C14H20N4O3. The highest BCUT2D eigenvalue weighted by Gasteiger charge is 2.19. The first-order valence-electron chi connectivity index (χ1n) is 6.59. The molecule has 0 unspecified atom stereocenters. The molecule has 1 heterocycles. The Hall–Kier alpha value is -2.28. The number of carbonyl (C=O) groups excluding carboxylic acids is 1. The van der Waals surface area contributed by atoms with Crippen LogP contribution < -0.4 is 15.5 Å². The predicted molar refractivity (Wildman–Crippen MR) is 81.7 cm³/mol. The molecule has 2 rings (SSSR count). The summed E-state index contributed by atoms with van der Waals surface area (Å²) in [5.74, 6) is 0. The molecule has 0 saturated heterocycles. The number of urea groups is 1. The molecule has 3 N–H and O–H groups in total. The molecule has 0 saturated carbocycles. The Morgan fingerprint density at radius 2 is 2.14 bits per heavy atom. The lowest BCUT2D eigenvalue weighted by atomic mass is 10.1. The first-order valence-corrected chi connectivity index (χ1v) is 6.59. The van der Waals surface area contributed by atoms with Crippen molar-refractivity contribution in [1.29, 1.82) is 0 Å². The first kappa shape index (κ1) is 15.1. The van der Waals surface area contributed by atoms with Gasteiger partial charge in [-0.2, -0.15) is 4.98 Å². The topological polar surface area (TPSA) is 90.6 Å². The fourth-order valence-corrected chi connectivity index (χ4v) is 1.69. The number of anilines is 2. The van der Waals surface area contributed by atoms with E-state index in [0.717, 1.165) is 5.52 Å². The summed E-state index contributed by atoms with van der Waals surface area (Å²) in [6.07, 6.45) is 0. The first-order chi connectivity index (χ1) is 9.80. The van der Waals surface area contributed by atoms with Crippen molar-refractivity contribution in [2.75, 3.05) is 30.9 Å². The highest BCUT2D eigenvalue weighted by atomic mass is 16.4. The SMILES string of the molecule is CN(C)c1nc2ccc(NC(=O)NC(C)(C)CO)cc2o1. The smallest absolute Gasteiger partial charge is 0.319 e. The third-order valence-corrected chi connectivity index (χ3v) is 2.86. The van der Waals surface area contributed by atoms with Gasteiger partial charge in [0.25, 0.3) is 6.01 Å². The number of amides is 2. The van der Waals surface area contributed by atoms with E-state index in [-0.39, 0.29) is 12.6 Å². The van der Waals surface area contributed by atoms with E-state index in [1.54, 1.807) is 36.9 Å². The molecule has 0 fully saturated rings. The summed E-state index contributed by atoms with van der Waals surface area (Å²) in [5.41, 5.74) is 1.23. The number of nitrogens with one attached hydrogen (secondary N) is 2. The molecule has 0 radical (unpaired) electrons. The number of aliphatic hydroxyl groups is 1. The molecule has 21 heavy (non-hydrogen) atoms. The maximum Gasteiger partial charge on any atom is 0.319 e. The summed E-state index contributed by atoms with van der Waals surface area (Å²) in [7, 11) is 3.68. The largest absolute Gasteiger partial charge is 0.423 e. The fraction of sp³-hybridized carbons (Fsp3) is 0.429. The van der Waals surface area contributed by atoms with Gasteiger partial charge in [0.15, 0.2) is 5.58 Å². The van der Waals surface area contributed by atoms with Gasteiger partial charge in [0.2, 0.25) is 0 Å². The van der Waals surface area contributed by atoms with Crippen molar-refractivity contribution < 1.29 is 14.3 Å². The molecule has 1 aromatic carbocycles. The number of fused-ring (bicyclic) bond motifs is 1. The Kier molecular flexibility index (Phi) is 4.04. The molecular weight excluding hydrogens is 272 g/mol. The van der Waals surface area contributed by atoms with Crippen LogP contribution in [0.2, 0.25) is 0 Å². The van der Waals surface area contributed by atoms with Gasteiger partial charge >= 0.3 is 6.03 Å². The van der Waals surface area contributed by atoms with Gasteiger partial charge in [0.05, 0.1) is 12.1 Å². The summed E-state index contributed by atoms with van der Waals surface area (Å²) in [6.45, 7) is 3.32. The van der Waals surface area contributed by atoms with E-state index < -0.39 is 5.54 Å². The Balaban J connectivity index is 2.14. The van der Waals surface area contributed by atoms with Gasteiger partial charge in [0.1, 0.15) is 5.52 Å². The van der Waals surface area contributed by atoms with Crippen molar-refractivity contribution in [3.05, 3.63) is 18.2 Å². The number of rotatable bonds is 4. The monoisotopic (exact) mass is 292 g/mol. The van der Waals surface area contributed by atoms with Crippen LogP contribution in [0, 0.1) is 0 Å². The fourth-order valence-electron chi connectivity index (χ4n) is 1.69. The highest BCUT2D eigenvalue weighted by molar-refractivity contribution is 5.92.